The number of hydrogen-bond acceptors (Lipinski definition) is 5. The number of hydrogen-bond donors (Lipinski definition) is 2. The third kappa shape index (κ3) is 4.63. The van der Waals surface area contributed by atoms with E-state index in [0.29, 0.717) is 18.2 Å². The van der Waals surface area contributed by atoms with Crippen molar-refractivity contribution in [1.82, 2.24) is 5.32 Å². The maximum Gasteiger partial charge on any atom is 0.335 e. The van der Waals surface area contributed by atoms with Crippen LogP contribution < -0.4 is 15.1 Å². The van der Waals surface area contributed by atoms with Crippen LogP contribution in [0.3, 0.4) is 0 Å². The first-order chi connectivity index (χ1) is 13.5. The lowest BCUT2D eigenvalue weighted by molar-refractivity contribution is -0.906. The minimum Gasteiger partial charge on any atom is -0.370 e. The van der Waals surface area contributed by atoms with Gasteiger partial charge in [-0.15, -0.1) is 0 Å². The van der Waals surface area contributed by atoms with Gasteiger partial charge >= 0.3 is 6.03 Å². The number of imide groups is 2. The van der Waals surface area contributed by atoms with Gasteiger partial charge in [-0.1, -0.05) is 26.0 Å². The van der Waals surface area contributed by atoms with E-state index in [1.165, 1.54) is 11.1 Å². The number of carbonyl (C=O) groups is 3. The Morgan fingerprint density at radius 1 is 1.21 bits per heavy atom. The van der Waals surface area contributed by atoms with Gasteiger partial charge in [-0.2, -0.15) is 0 Å². The fourth-order valence-corrected chi connectivity index (χ4v) is 3.29. The fourth-order valence-electron chi connectivity index (χ4n) is 3.29. The Morgan fingerprint density at radius 2 is 1.89 bits per heavy atom. The second-order valence-electron chi connectivity index (χ2n) is 7.36. The minimum absolute atomic E-state index is 0.343. The van der Waals surface area contributed by atoms with Crippen molar-refractivity contribution < 1.29 is 24.0 Å². The van der Waals surface area contributed by atoms with Gasteiger partial charge in [0.25, 0.3) is 5.91 Å². The highest BCUT2D eigenvalue weighted by Gasteiger charge is 2.40. The van der Waals surface area contributed by atoms with Crippen LogP contribution in [-0.2, 0) is 14.3 Å². The highest BCUT2D eigenvalue weighted by atomic mass is 16.5. The molecule has 2 N–H and O–H groups in total. The minimum atomic E-state index is -1.10. The van der Waals surface area contributed by atoms with E-state index in [1.54, 1.807) is 12.1 Å². The topological polar surface area (TPSA) is 92.5 Å². The zero-order chi connectivity index (χ0) is 20.1. The molecule has 0 aliphatic carbocycles. The van der Waals surface area contributed by atoms with Crippen LogP contribution in [0.15, 0.2) is 29.3 Å². The summed E-state index contributed by atoms with van der Waals surface area (Å²) in [4.78, 5) is 43.8. The van der Waals surface area contributed by atoms with Gasteiger partial charge in [0, 0.05) is 6.21 Å². The second kappa shape index (κ2) is 9.07. The fraction of sp³-hybridized carbons (Fsp3) is 0.500. The zero-order valence-corrected chi connectivity index (χ0v) is 16.3. The van der Waals surface area contributed by atoms with E-state index >= 15 is 0 Å². The van der Waals surface area contributed by atoms with Gasteiger partial charge in [-0.05, 0) is 23.6 Å². The van der Waals surface area contributed by atoms with E-state index in [0.717, 1.165) is 43.3 Å². The van der Waals surface area contributed by atoms with Gasteiger partial charge in [0.05, 0.1) is 32.0 Å². The first-order valence-electron chi connectivity index (χ1n) is 9.67. The lowest BCUT2D eigenvalue weighted by Gasteiger charge is -2.28. The Bertz CT molecular complexity index is 754. The van der Waals surface area contributed by atoms with Crippen LogP contribution in [0.5, 0.6) is 0 Å². The summed E-state index contributed by atoms with van der Waals surface area (Å²) < 4.78 is 5.32. The van der Waals surface area contributed by atoms with Gasteiger partial charge in [-0.25, -0.2) is 9.69 Å². The average Bonchev–Trinajstić information content (AvgIpc) is 2.68. The summed E-state index contributed by atoms with van der Waals surface area (Å²) >= 11 is 0. The summed E-state index contributed by atoms with van der Waals surface area (Å²) in [6.07, 6.45) is 1.36. The quantitative estimate of drug-likeness (QED) is 0.531. The van der Waals surface area contributed by atoms with Crippen LogP contribution in [0, 0.1) is 5.92 Å². The van der Waals surface area contributed by atoms with Crippen molar-refractivity contribution >= 4 is 29.7 Å². The molecule has 2 fully saturated rings. The Kier molecular flexibility index (Phi) is 6.53. The molecule has 2 aliphatic rings. The molecular formula is C20H27N4O4+. The molecule has 4 amide bonds. The number of rotatable bonds is 6. The van der Waals surface area contributed by atoms with E-state index in [1.807, 2.05) is 12.1 Å². The van der Waals surface area contributed by atoms with Gasteiger partial charge < -0.3 is 9.64 Å². The van der Waals surface area contributed by atoms with Gasteiger partial charge in [0.1, 0.15) is 13.1 Å². The number of benzene rings is 1. The van der Waals surface area contributed by atoms with E-state index in [-0.39, 0.29) is 0 Å². The van der Waals surface area contributed by atoms with Crippen molar-refractivity contribution in [2.75, 3.05) is 44.3 Å². The Labute approximate surface area is 164 Å². The number of barbiturate groups is 1. The number of ether oxygens (including phenoxy) is 1. The summed E-state index contributed by atoms with van der Waals surface area (Å²) in [6, 6.07) is 6.47. The molecular weight excluding hydrogens is 360 g/mol. The lowest BCUT2D eigenvalue weighted by Crippen LogP contribution is -3.14. The molecule has 28 heavy (non-hydrogen) atoms. The number of nitrogens with zero attached hydrogens (tertiary/aromatic N) is 2. The Morgan fingerprint density at radius 3 is 2.54 bits per heavy atom. The SMILES string of the molecule is CC(C)c1ccc(N2C(=O)NC(=O)[C@H](C=NCC[NH+]3CCOCC3)C2=O)cc1. The van der Waals surface area contributed by atoms with Crippen molar-refractivity contribution in [3.05, 3.63) is 29.8 Å². The van der Waals surface area contributed by atoms with Crippen molar-refractivity contribution in [3.63, 3.8) is 0 Å². The lowest BCUT2D eigenvalue weighted by atomic mass is 10.0. The number of anilines is 1. The van der Waals surface area contributed by atoms with E-state index in [4.69, 9.17) is 4.74 Å². The third-order valence-corrected chi connectivity index (χ3v) is 5.07. The first-order valence-corrected chi connectivity index (χ1v) is 9.67. The van der Waals surface area contributed by atoms with Crippen molar-refractivity contribution in [2.24, 2.45) is 10.9 Å². The maximum absolute atomic E-state index is 12.8. The van der Waals surface area contributed by atoms with Gasteiger partial charge in [0.2, 0.25) is 5.91 Å². The molecule has 0 radical (unpaired) electrons. The summed E-state index contributed by atoms with van der Waals surface area (Å²) in [6.45, 7) is 8.84. The molecule has 8 nitrogen and oxygen atoms in total. The molecule has 0 saturated carbocycles. The average molecular weight is 387 g/mol. The van der Waals surface area contributed by atoms with Crippen molar-refractivity contribution in [3.8, 4) is 0 Å². The van der Waals surface area contributed by atoms with Crippen LogP contribution >= 0.6 is 0 Å². The van der Waals surface area contributed by atoms with E-state index < -0.39 is 23.8 Å². The predicted molar refractivity (Wildman–Crippen MR) is 105 cm³/mol. The number of quaternary nitrogens is 1. The molecule has 0 unspecified atom stereocenters. The molecule has 0 spiro atoms. The third-order valence-electron chi connectivity index (χ3n) is 5.07. The van der Waals surface area contributed by atoms with Crippen LogP contribution in [0.1, 0.15) is 25.3 Å². The predicted octanol–water partition coefficient (Wildman–Crippen LogP) is -0.00510. The molecule has 1 atom stereocenters. The molecule has 8 heteroatoms. The molecule has 2 saturated heterocycles. The van der Waals surface area contributed by atoms with Crippen LogP contribution in [-0.4, -0.2) is 63.5 Å². The van der Waals surface area contributed by atoms with Gasteiger partial charge in [-0.3, -0.25) is 19.9 Å². The molecule has 1 aromatic carbocycles. The molecule has 3 rings (SSSR count). The number of morpholine rings is 1. The molecule has 0 aromatic heterocycles. The molecule has 150 valence electrons. The highest BCUT2D eigenvalue weighted by Crippen LogP contribution is 2.23. The van der Waals surface area contributed by atoms with Crippen LogP contribution in [0.25, 0.3) is 0 Å². The summed E-state index contributed by atoms with van der Waals surface area (Å²) in [5.74, 6) is -1.96. The molecule has 2 aliphatic heterocycles. The summed E-state index contributed by atoms with van der Waals surface area (Å²) in [5, 5.41) is 2.25. The summed E-state index contributed by atoms with van der Waals surface area (Å²) in [7, 11) is 0. The van der Waals surface area contributed by atoms with Crippen molar-refractivity contribution in [1.29, 1.82) is 0 Å². The molecule has 2 heterocycles. The maximum atomic E-state index is 12.8. The number of nitrogens with one attached hydrogen (secondary N) is 2. The number of carbonyl (C=O) groups excluding carboxylic acids is 3. The number of aliphatic imine (C=N–C) groups is 1. The van der Waals surface area contributed by atoms with Gasteiger partial charge in [0.15, 0.2) is 5.92 Å². The Balaban J connectivity index is 1.66. The standard InChI is InChI=1S/C20H26N4O4/c1-14(2)15-3-5-16(6-4-15)24-19(26)17(18(25)22-20(24)27)13-21-7-8-23-9-11-28-12-10-23/h3-6,13-14,17H,7-12H2,1-2H3,(H,22,25,27)/p+1/t17-/m0/s1. The summed E-state index contributed by atoms with van der Waals surface area (Å²) in [5.41, 5.74) is 1.55. The molecule has 1 aromatic rings. The zero-order valence-electron chi connectivity index (χ0n) is 16.3. The normalized spacial score (nSPS) is 21.6. The number of amides is 4. The van der Waals surface area contributed by atoms with E-state index in [2.05, 4.69) is 24.2 Å². The van der Waals surface area contributed by atoms with Crippen LogP contribution in [0.2, 0.25) is 0 Å². The highest BCUT2D eigenvalue weighted by molar-refractivity contribution is 6.32. The van der Waals surface area contributed by atoms with E-state index in [9.17, 15) is 14.4 Å². The van der Waals surface area contributed by atoms with Crippen LogP contribution in [0.4, 0.5) is 10.5 Å². The number of urea groups is 1. The largest absolute Gasteiger partial charge is 0.370 e. The smallest absolute Gasteiger partial charge is 0.335 e. The van der Waals surface area contributed by atoms with Crippen molar-refractivity contribution in [2.45, 2.75) is 19.8 Å². The first kappa shape index (κ1) is 20.2. The second-order valence-corrected chi connectivity index (χ2v) is 7.36. The monoisotopic (exact) mass is 387 g/mol. The molecule has 0 bridgehead atoms. The Hall–Kier alpha value is -2.58.